The Hall–Kier alpha value is -4.04. The summed E-state index contributed by atoms with van der Waals surface area (Å²) in [7, 11) is 0. The number of hydrogen-bond donors (Lipinski definition) is 0. The van der Waals surface area contributed by atoms with Crippen molar-refractivity contribution in [1.82, 2.24) is 4.98 Å². The highest BCUT2D eigenvalue weighted by Crippen LogP contribution is 2.30. The lowest BCUT2D eigenvalue weighted by molar-refractivity contribution is -0.576. The van der Waals surface area contributed by atoms with Crippen LogP contribution in [0.2, 0.25) is 0 Å². The van der Waals surface area contributed by atoms with E-state index in [9.17, 15) is 0 Å². The van der Waals surface area contributed by atoms with Gasteiger partial charge in [-0.2, -0.15) is 4.57 Å². The molecule has 5 aromatic rings. The fraction of sp³-hybridized carbons (Fsp3) is 0.0345. The largest absolute Gasteiger partial charge is 0.328 e. The summed E-state index contributed by atoms with van der Waals surface area (Å²) in [6.45, 7) is 2.12. The number of aryl methyl sites for hydroxylation is 1. The minimum absolute atomic E-state index is 0.900. The lowest BCUT2D eigenvalue weighted by Gasteiger charge is -2.15. The molecule has 2 aromatic heterocycles. The van der Waals surface area contributed by atoms with Crippen molar-refractivity contribution < 1.29 is 4.57 Å². The predicted octanol–water partition coefficient (Wildman–Crippen LogP) is 6.67. The summed E-state index contributed by atoms with van der Waals surface area (Å²) < 4.78 is 2.26. The van der Waals surface area contributed by atoms with E-state index < -0.39 is 0 Å². The molecule has 31 heavy (non-hydrogen) atoms. The number of rotatable bonds is 4. The summed E-state index contributed by atoms with van der Waals surface area (Å²) in [5, 5.41) is 0. The van der Waals surface area contributed by atoms with Gasteiger partial charge in [0.1, 0.15) is 17.6 Å². The minimum atomic E-state index is 0.900. The molecule has 3 aromatic carbocycles. The van der Waals surface area contributed by atoms with Crippen LogP contribution < -0.4 is 4.57 Å². The summed E-state index contributed by atoms with van der Waals surface area (Å²) in [6.07, 6.45) is 1.85. The van der Waals surface area contributed by atoms with Crippen LogP contribution in [0.15, 0.2) is 121 Å². The average molecular weight is 400 g/mol. The molecule has 5 rings (SSSR count). The fourth-order valence-corrected chi connectivity index (χ4v) is 3.88. The van der Waals surface area contributed by atoms with Crippen molar-refractivity contribution in [2.75, 3.05) is 0 Å². The Morgan fingerprint density at radius 3 is 1.65 bits per heavy atom. The Balaban J connectivity index is 1.87. The van der Waals surface area contributed by atoms with Gasteiger partial charge >= 0.3 is 5.82 Å². The standard InChI is InChI=1S/C29H23N2/c1-22-15-17-25(18-16-22)28-21-26(23-10-4-2-5-11-23)20-27(24-12-6-3-7-13-24)31(28)29-14-8-9-19-30-29/h2-21H,1H3/q+1. The van der Waals surface area contributed by atoms with Gasteiger partial charge in [-0.25, -0.2) is 0 Å². The monoisotopic (exact) mass is 399 g/mol. The quantitative estimate of drug-likeness (QED) is 0.309. The molecule has 0 amide bonds. The van der Waals surface area contributed by atoms with E-state index in [4.69, 9.17) is 4.98 Å². The second kappa shape index (κ2) is 8.37. The Bertz CT molecular complexity index is 1290. The Morgan fingerprint density at radius 1 is 0.516 bits per heavy atom. The summed E-state index contributed by atoms with van der Waals surface area (Å²) >= 11 is 0. The van der Waals surface area contributed by atoms with Gasteiger partial charge in [0.05, 0.1) is 0 Å². The van der Waals surface area contributed by atoms with Crippen LogP contribution in [0.1, 0.15) is 5.56 Å². The second-order valence-electron chi connectivity index (χ2n) is 7.64. The van der Waals surface area contributed by atoms with Crippen LogP contribution in [0.4, 0.5) is 0 Å². The third-order valence-electron chi connectivity index (χ3n) is 5.47. The average Bonchev–Trinajstić information content (AvgIpc) is 2.85. The van der Waals surface area contributed by atoms with Gasteiger partial charge in [0.2, 0.25) is 0 Å². The van der Waals surface area contributed by atoms with Crippen LogP contribution in [0, 0.1) is 6.92 Å². The lowest BCUT2D eigenvalue weighted by Crippen LogP contribution is -2.37. The highest BCUT2D eigenvalue weighted by atomic mass is 15.1. The topological polar surface area (TPSA) is 16.8 Å². The Morgan fingerprint density at radius 2 is 1.06 bits per heavy atom. The van der Waals surface area contributed by atoms with Crippen LogP contribution in [-0.2, 0) is 0 Å². The molecule has 0 bridgehead atoms. The van der Waals surface area contributed by atoms with Crippen molar-refractivity contribution in [3.63, 3.8) is 0 Å². The first kappa shape index (κ1) is 19.0. The first-order valence-electron chi connectivity index (χ1n) is 10.5. The predicted molar refractivity (Wildman–Crippen MR) is 127 cm³/mol. The van der Waals surface area contributed by atoms with Gasteiger partial charge < -0.3 is 0 Å². The SMILES string of the molecule is Cc1ccc(-c2cc(-c3ccccc3)cc(-c3ccccc3)[n+]2-c2ccccn2)cc1. The third-order valence-corrected chi connectivity index (χ3v) is 5.47. The van der Waals surface area contributed by atoms with Crippen LogP contribution in [0.25, 0.3) is 39.5 Å². The molecule has 0 aliphatic rings. The number of nitrogens with zero attached hydrogens (tertiary/aromatic N) is 2. The number of benzene rings is 3. The molecule has 0 spiro atoms. The zero-order valence-electron chi connectivity index (χ0n) is 17.4. The molecule has 0 atom stereocenters. The van der Waals surface area contributed by atoms with Gasteiger partial charge in [-0.05, 0) is 41.2 Å². The first-order chi connectivity index (χ1) is 15.3. The highest BCUT2D eigenvalue weighted by molar-refractivity contribution is 5.74. The Kier molecular flexibility index (Phi) is 5.12. The van der Waals surface area contributed by atoms with E-state index in [-0.39, 0.29) is 0 Å². The summed E-state index contributed by atoms with van der Waals surface area (Å²) in [4.78, 5) is 4.70. The van der Waals surface area contributed by atoms with Gasteiger partial charge in [-0.3, -0.25) is 0 Å². The van der Waals surface area contributed by atoms with Gasteiger partial charge in [0.15, 0.2) is 0 Å². The number of hydrogen-bond acceptors (Lipinski definition) is 1. The van der Waals surface area contributed by atoms with E-state index in [1.165, 1.54) is 16.7 Å². The molecule has 0 saturated heterocycles. The van der Waals surface area contributed by atoms with E-state index in [1.807, 2.05) is 18.3 Å². The number of aromatic nitrogens is 2. The molecule has 0 fully saturated rings. The highest BCUT2D eigenvalue weighted by Gasteiger charge is 2.22. The molecule has 2 heterocycles. The molecular formula is C29H23N2+. The summed E-state index contributed by atoms with van der Waals surface area (Å²) in [5.74, 6) is 0.900. The zero-order chi connectivity index (χ0) is 21.0. The molecule has 0 N–H and O–H groups in total. The zero-order valence-corrected chi connectivity index (χ0v) is 17.4. The maximum Gasteiger partial charge on any atom is 0.328 e. The van der Waals surface area contributed by atoms with Crippen LogP contribution >= 0.6 is 0 Å². The molecule has 2 nitrogen and oxygen atoms in total. The molecule has 148 valence electrons. The molecule has 0 aliphatic heterocycles. The second-order valence-corrected chi connectivity index (χ2v) is 7.64. The van der Waals surface area contributed by atoms with Gasteiger partial charge in [-0.1, -0.05) is 96.6 Å². The van der Waals surface area contributed by atoms with Crippen molar-refractivity contribution in [2.45, 2.75) is 6.92 Å². The lowest BCUT2D eigenvalue weighted by atomic mass is 9.98. The molecular weight excluding hydrogens is 376 g/mol. The molecule has 0 radical (unpaired) electrons. The van der Waals surface area contributed by atoms with E-state index in [2.05, 4.69) is 115 Å². The summed E-state index contributed by atoms with van der Waals surface area (Å²) in [5.41, 5.74) is 8.15. The van der Waals surface area contributed by atoms with Gasteiger partial charge in [0, 0.05) is 17.2 Å². The van der Waals surface area contributed by atoms with Crippen molar-refractivity contribution in [2.24, 2.45) is 0 Å². The summed E-state index contributed by atoms with van der Waals surface area (Å²) in [6, 6.07) is 40.4. The fourth-order valence-electron chi connectivity index (χ4n) is 3.88. The van der Waals surface area contributed by atoms with Crippen molar-refractivity contribution in [3.8, 4) is 39.5 Å². The van der Waals surface area contributed by atoms with Gasteiger partial charge in [0.25, 0.3) is 0 Å². The first-order valence-corrected chi connectivity index (χ1v) is 10.5. The van der Waals surface area contributed by atoms with E-state index >= 15 is 0 Å². The maximum absolute atomic E-state index is 4.70. The number of pyridine rings is 2. The van der Waals surface area contributed by atoms with E-state index in [0.717, 1.165) is 28.3 Å². The maximum atomic E-state index is 4.70. The third kappa shape index (κ3) is 3.88. The molecule has 0 saturated carbocycles. The Labute approximate surface area is 183 Å². The molecule has 2 heteroatoms. The minimum Gasteiger partial charge on any atom is -0.189 e. The normalized spacial score (nSPS) is 10.7. The smallest absolute Gasteiger partial charge is 0.189 e. The van der Waals surface area contributed by atoms with E-state index in [0.29, 0.717) is 0 Å². The van der Waals surface area contributed by atoms with Crippen molar-refractivity contribution >= 4 is 0 Å². The van der Waals surface area contributed by atoms with Crippen LogP contribution in [-0.4, -0.2) is 4.98 Å². The van der Waals surface area contributed by atoms with Crippen molar-refractivity contribution in [3.05, 3.63) is 127 Å². The molecule has 0 aliphatic carbocycles. The van der Waals surface area contributed by atoms with Crippen molar-refractivity contribution in [1.29, 1.82) is 0 Å². The van der Waals surface area contributed by atoms with E-state index in [1.54, 1.807) is 0 Å². The molecule has 0 unspecified atom stereocenters. The van der Waals surface area contributed by atoms with Gasteiger partial charge in [-0.15, -0.1) is 0 Å². The van der Waals surface area contributed by atoms with Crippen LogP contribution in [0.5, 0.6) is 0 Å². The van der Waals surface area contributed by atoms with Crippen LogP contribution in [0.3, 0.4) is 0 Å².